The number of carbonyl (C=O) groups is 1. The number of ether oxygens (including phenoxy) is 2. The van der Waals surface area contributed by atoms with Crippen LogP contribution in [0.3, 0.4) is 0 Å². The summed E-state index contributed by atoms with van der Waals surface area (Å²) < 4.78 is 39.5. The van der Waals surface area contributed by atoms with Gasteiger partial charge in [0.05, 0.1) is 19.4 Å². The Morgan fingerprint density at radius 2 is 2.00 bits per heavy atom. The lowest BCUT2D eigenvalue weighted by molar-refractivity contribution is -0.114. The molecule has 1 saturated carbocycles. The summed E-state index contributed by atoms with van der Waals surface area (Å²) in [6.45, 7) is 2.56. The van der Waals surface area contributed by atoms with Gasteiger partial charge in [-0.1, -0.05) is 24.6 Å². The molecule has 36 heavy (non-hydrogen) atoms. The first kappa shape index (κ1) is 25.8. The Morgan fingerprint density at radius 1 is 1.22 bits per heavy atom. The Balaban J connectivity index is 1.41. The maximum Gasteiger partial charge on any atom is 0.251 e. The molecule has 0 spiro atoms. The zero-order valence-corrected chi connectivity index (χ0v) is 20.5. The largest absolute Gasteiger partial charge is 0.382 e. The van der Waals surface area contributed by atoms with Gasteiger partial charge in [-0.15, -0.1) is 0 Å². The molecule has 4 rings (SSSR count). The van der Waals surface area contributed by atoms with E-state index in [4.69, 9.17) is 9.47 Å². The number of methoxy groups -OCH3 is 1. The number of aromatic nitrogens is 2. The molecule has 1 aromatic carbocycles. The first-order valence-electron chi connectivity index (χ1n) is 12.1. The highest BCUT2D eigenvalue weighted by molar-refractivity contribution is 5.97. The van der Waals surface area contributed by atoms with Crippen LogP contribution in [0.4, 0.5) is 26.2 Å². The van der Waals surface area contributed by atoms with Crippen molar-refractivity contribution in [2.24, 2.45) is 10.9 Å². The Morgan fingerprint density at radius 3 is 2.67 bits per heavy atom. The lowest BCUT2D eigenvalue weighted by atomic mass is 9.91. The number of anilines is 2. The van der Waals surface area contributed by atoms with Crippen LogP contribution in [0.15, 0.2) is 59.0 Å². The molecular formula is C27H30F2N4O3. The molecule has 0 bridgehead atoms. The van der Waals surface area contributed by atoms with Crippen LogP contribution >= 0.6 is 0 Å². The van der Waals surface area contributed by atoms with Crippen LogP contribution in [0.25, 0.3) is 0 Å². The summed E-state index contributed by atoms with van der Waals surface area (Å²) in [6.07, 6.45) is 7.42. The fourth-order valence-corrected chi connectivity index (χ4v) is 4.06. The maximum atomic E-state index is 14.6. The minimum Gasteiger partial charge on any atom is -0.382 e. The molecular weight excluding hydrogens is 466 g/mol. The maximum absolute atomic E-state index is 14.6. The lowest BCUT2D eigenvalue weighted by Gasteiger charge is -2.26. The molecule has 2 aromatic rings. The molecule has 0 amide bonds. The first-order valence-corrected chi connectivity index (χ1v) is 12.1. The summed E-state index contributed by atoms with van der Waals surface area (Å²) in [5.74, 6) is -1.14. The van der Waals surface area contributed by atoms with Gasteiger partial charge in [0, 0.05) is 24.9 Å². The summed E-state index contributed by atoms with van der Waals surface area (Å²) in [5.41, 5.74) is 3.15. The van der Waals surface area contributed by atoms with Crippen LogP contribution in [0.2, 0.25) is 0 Å². The minimum absolute atomic E-state index is 0.0233. The third-order valence-electron chi connectivity index (χ3n) is 6.14. The van der Waals surface area contributed by atoms with Gasteiger partial charge in [0.1, 0.15) is 11.9 Å². The smallest absolute Gasteiger partial charge is 0.251 e. The van der Waals surface area contributed by atoms with Crippen molar-refractivity contribution in [1.82, 2.24) is 9.97 Å². The average Bonchev–Trinajstić information content (AvgIpc) is 2.82. The summed E-state index contributed by atoms with van der Waals surface area (Å²) in [4.78, 5) is 24.6. The van der Waals surface area contributed by atoms with Crippen molar-refractivity contribution in [3.05, 3.63) is 65.4 Å². The van der Waals surface area contributed by atoms with Gasteiger partial charge in [-0.3, -0.25) is 4.79 Å². The van der Waals surface area contributed by atoms with Gasteiger partial charge < -0.3 is 14.8 Å². The van der Waals surface area contributed by atoms with Gasteiger partial charge in [0.2, 0.25) is 0 Å². The number of carbonyl (C=O) groups excluding carboxylic acids is 1. The highest BCUT2D eigenvalue weighted by Gasteiger charge is 2.29. The molecule has 2 aliphatic rings. The second kappa shape index (κ2) is 12.1. The third-order valence-corrected chi connectivity index (χ3v) is 6.14. The summed E-state index contributed by atoms with van der Waals surface area (Å²) >= 11 is 0. The fourth-order valence-electron chi connectivity index (χ4n) is 4.06. The van der Waals surface area contributed by atoms with E-state index >= 15 is 0 Å². The van der Waals surface area contributed by atoms with Gasteiger partial charge in [0.15, 0.2) is 17.4 Å². The van der Waals surface area contributed by atoms with Crippen molar-refractivity contribution >= 4 is 28.9 Å². The third kappa shape index (κ3) is 6.89. The number of halogens is 2. The number of hydrogen-bond donors (Lipinski definition) is 1. The summed E-state index contributed by atoms with van der Waals surface area (Å²) in [5, 5.41) is 2.92. The average molecular weight is 497 g/mol. The second-order valence-corrected chi connectivity index (χ2v) is 9.09. The molecule has 1 N–H and O–H groups in total. The molecule has 9 heteroatoms. The first-order chi connectivity index (χ1) is 17.4. The normalized spacial score (nSPS) is 20.6. The Hall–Kier alpha value is -3.30. The van der Waals surface area contributed by atoms with Gasteiger partial charge in [-0.25, -0.2) is 18.8 Å². The van der Waals surface area contributed by atoms with E-state index in [-0.39, 0.29) is 23.5 Å². The van der Waals surface area contributed by atoms with Crippen LogP contribution in [0.1, 0.15) is 38.2 Å². The van der Waals surface area contributed by atoms with Gasteiger partial charge in [0.25, 0.3) is 5.95 Å². The molecule has 2 atom stereocenters. The topological polar surface area (TPSA) is 85.7 Å². The molecule has 0 aliphatic heterocycles. The minimum atomic E-state index is -0.654. The van der Waals surface area contributed by atoms with Crippen molar-refractivity contribution in [2.75, 3.05) is 25.6 Å². The fraction of sp³-hybridized carbons (Fsp3) is 0.407. The van der Waals surface area contributed by atoms with E-state index in [2.05, 4.69) is 20.3 Å². The standard InChI is InChI=1S/C27H30F2N4O3/c1-17-12-21(15-23(28)25(17)36-11-10-35-2)32-27-30-16-24(29)26(33-27)31-20-8-6-19(7-9-20)14-22(34)13-18-4-3-5-18/h6-9,13,15-17,25H,3-5,10-12,14H2,1-2H3,(H,30,31,33). The van der Waals surface area contributed by atoms with E-state index in [0.29, 0.717) is 37.5 Å². The molecule has 0 saturated heterocycles. The monoisotopic (exact) mass is 496 g/mol. The molecule has 190 valence electrons. The highest BCUT2D eigenvalue weighted by Crippen LogP contribution is 2.28. The quantitative estimate of drug-likeness (QED) is 0.342. The molecule has 1 fully saturated rings. The van der Waals surface area contributed by atoms with E-state index in [1.165, 1.54) is 11.6 Å². The molecule has 2 aliphatic carbocycles. The highest BCUT2D eigenvalue weighted by atomic mass is 19.1. The number of rotatable bonds is 10. The SMILES string of the molecule is COCCOC1C(F)=CC(=Nc2ncc(F)c(Nc3ccc(CC(=O)C=C4CCC4)cc3)n2)CC1C. The van der Waals surface area contributed by atoms with E-state index < -0.39 is 17.7 Å². The van der Waals surface area contributed by atoms with E-state index in [0.717, 1.165) is 31.0 Å². The van der Waals surface area contributed by atoms with Crippen LogP contribution in [0, 0.1) is 11.7 Å². The van der Waals surface area contributed by atoms with Crippen molar-refractivity contribution in [1.29, 1.82) is 0 Å². The summed E-state index contributed by atoms with van der Waals surface area (Å²) in [7, 11) is 1.56. The predicted octanol–water partition coefficient (Wildman–Crippen LogP) is 5.58. The number of nitrogens with zero attached hydrogens (tertiary/aromatic N) is 3. The predicted molar refractivity (Wildman–Crippen MR) is 134 cm³/mol. The number of nitrogens with one attached hydrogen (secondary N) is 1. The zero-order chi connectivity index (χ0) is 25.5. The zero-order valence-electron chi connectivity index (χ0n) is 20.5. The van der Waals surface area contributed by atoms with E-state index in [9.17, 15) is 13.6 Å². The Labute approximate surface area is 209 Å². The molecule has 2 unspecified atom stereocenters. The number of ketones is 1. The lowest BCUT2D eigenvalue weighted by Crippen LogP contribution is -2.30. The number of hydrogen-bond acceptors (Lipinski definition) is 7. The van der Waals surface area contributed by atoms with Crippen molar-refractivity contribution in [3.63, 3.8) is 0 Å². The Bertz CT molecular complexity index is 1170. The Kier molecular flexibility index (Phi) is 8.66. The molecule has 0 radical (unpaired) electrons. The van der Waals surface area contributed by atoms with Crippen molar-refractivity contribution < 1.29 is 23.0 Å². The van der Waals surface area contributed by atoms with Gasteiger partial charge >= 0.3 is 0 Å². The number of aliphatic imine (C=N–C) groups is 1. The molecule has 1 heterocycles. The number of allylic oxidation sites excluding steroid dienone is 3. The van der Waals surface area contributed by atoms with Crippen LogP contribution < -0.4 is 5.32 Å². The van der Waals surface area contributed by atoms with E-state index in [1.807, 2.05) is 19.1 Å². The van der Waals surface area contributed by atoms with Crippen LogP contribution in [0.5, 0.6) is 0 Å². The molecule has 1 aromatic heterocycles. The van der Waals surface area contributed by atoms with Crippen molar-refractivity contribution in [2.45, 2.75) is 45.1 Å². The van der Waals surface area contributed by atoms with E-state index in [1.54, 1.807) is 25.3 Å². The molecule has 7 nitrogen and oxygen atoms in total. The van der Waals surface area contributed by atoms with Gasteiger partial charge in [-0.2, -0.15) is 4.98 Å². The van der Waals surface area contributed by atoms with Gasteiger partial charge in [-0.05, 0) is 61.4 Å². The number of benzene rings is 1. The summed E-state index contributed by atoms with van der Waals surface area (Å²) in [6, 6.07) is 7.16. The van der Waals surface area contributed by atoms with Crippen LogP contribution in [-0.4, -0.2) is 47.9 Å². The van der Waals surface area contributed by atoms with Crippen LogP contribution in [-0.2, 0) is 20.7 Å². The second-order valence-electron chi connectivity index (χ2n) is 9.09. The van der Waals surface area contributed by atoms with Crippen molar-refractivity contribution in [3.8, 4) is 0 Å².